The highest BCUT2D eigenvalue weighted by atomic mass is 31.2. The summed E-state index contributed by atoms with van der Waals surface area (Å²) in [6.07, 6.45) is -4.63. The lowest BCUT2D eigenvalue weighted by Gasteiger charge is -2.30. The molecule has 0 spiro atoms. The predicted molar refractivity (Wildman–Crippen MR) is 55.2 cm³/mol. The molecule has 0 bridgehead atoms. The molecule has 12 nitrogen and oxygen atoms in total. The molecule has 19 heavy (non-hydrogen) atoms. The summed E-state index contributed by atoms with van der Waals surface area (Å²) in [5, 5.41) is 36.7. The summed E-state index contributed by atoms with van der Waals surface area (Å²) in [5.41, 5.74) is 0. The highest BCUT2D eigenvalue weighted by Gasteiger charge is 2.41. The molecule has 14 heteroatoms. The maximum atomic E-state index is 10.3. The Kier molecular flexibility index (Phi) is 6.70. The van der Waals surface area contributed by atoms with Crippen LogP contribution in [0.25, 0.3) is 0 Å². The molecule has 0 amide bonds. The van der Waals surface area contributed by atoms with E-state index >= 15 is 0 Å². The molecule has 116 valence electrons. The monoisotopic (exact) mass is 328 g/mol. The van der Waals surface area contributed by atoms with Crippen molar-refractivity contribution in [1.82, 2.24) is 0 Å². The Bertz CT molecular complexity index is 368. The first-order valence-electron chi connectivity index (χ1n) is 4.46. The number of aliphatic hydroxyl groups is 4. The molecule has 0 rings (SSSR count). The van der Waals surface area contributed by atoms with E-state index in [1.807, 2.05) is 0 Å². The molecular weight excluding hydrogens is 314 g/mol. The van der Waals surface area contributed by atoms with E-state index in [2.05, 4.69) is 9.05 Å². The van der Waals surface area contributed by atoms with E-state index in [1.54, 1.807) is 0 Å². The van der Waals surface area contributed by atoms with Crippen molar-refractivity contribution in [3.05, 3.63) is 0 Å². The van der Waals surface area contributed by atoms with Gasteiger partial charge in [-0.25, -0.2) is 9.13 Å². The molecule has 0 heterocycles. The fourth-order valence-electron chi connectivity index (χ4n) is 0.837. The Morgan fingerprint density at radius 2 is 1.37 bits per heavy atom. The van der Waals surface area contributed by atoms with E-state index in [9.17, 15) is 24.4 Å². The Balaban J connectivity index is 4.47. The molecule has 0 aromatic rings. The van der Waals surface area contributed by atoms with Gasteiger partial charge in [0.25, 0.3) is 0 Å². The molecule has 0 saturated heterocycles. The van der Waals surface area contributed by atoms with E-state index in [1.165, 1.54) is 0 Å². The normalized spacial score (nSPS) is 17.3. The molecule has 0 aromatic carbocycles. The number of aliphatic hydroxyl groups excluding tert-OH is 2. The SMILES string of the molecule is O=P(O)(O)OC[C@@H](O)[C@H](O)C(O)(O)COP(=O)(O)O. The summed E-state index contributed by atoms with van der Waals surface area (Å²) in [6, 6.07) is 0. The molecule has 8 N–H and O–H groups in total. The van der Waals surface area contributed by atoms with Gasteiger partial charge in [-0.2, -0.15) is 0 Å². The largest absolute Gasteiger partial charge is 0.469 e. The van der Waals surface area contributed by atoms with Crippen LogP contribution in [-0.2, 0) is 18.2 Å². The number of phosphoric acid groups is 2. The van der Waals surface area contributed by atoms with Crippen molar-refractivity contribution < 1.29 is 58.2 Å². The zero-order valence-corrected chi connectivity index (χ0v) is 11.0. The van der Waals surface area contributed by atoms with Gasteiger partial charge in [-0.1, -0.05) is 0 Å². The average Bonchev–Trinajstić information content (AvgIpc) is 2.20. The highest BCUT2D eigenvalue weighted by Crippen LogP contribution is 2.38. The van der Waals surface area contributed by atoms with Gasteiger partial charge in [0.1, 0.15) is 18.8 Å². The highest BCUT2D eigenvalue weighted by molar-refractivity contribution is 7.46. The first-order chi connectivity index (χ1) is 8.25. The minimum atomic E-state index is -5.04. The first kappa shape index (κ1) is 19.1. The molecular formula is C5H14O12P2. The smallest absolute Gasteiger partial charge is 0.388 e. The quantitative estimate of drug-likeness (QED) is 0.162. The molecule has 0 aliphatic carbocycles. The van der Waals surface area contributed by atoms with Gasteiger partial charge in [-0.15, -0.1) is 0 Å². The van der Waals surface area contributed by atoms with Crippen molar-refractivity contribution >= 4 is 15.6 Å². The van der Waals surface area contributed by atoms with E-state index < -0.39 is 46.9 Å². The third-order valence-electron chi connectivity index (χ3n) is 1.70. The Morgan fingerprint density at radius 1 is 0.947 bits per heavy atom. The van der Waals surface area contributed by atoms with E-state index in [4.69, 9.17) is 24.7 Å². The third kappa shape index (κ3) is 8.76. The Hall–Kier alpha value is 0.0600. The van der Waals surface area contributed by atoms with Gasteiger partial charge in [0.05, 0.1) is 6.61 Å². The molecule has 0 aliphatic rings. The molecule has 0 fully saturated rings. The standard InChI is InChI=1S/C5H14O12P2/c6-3(1-16-18(10,11)12)4(7)5(8,9)2-17-19(13,14)15/h3-4,6-9H,1-2H2,(H2,10,11,12)(H2,13,14,15)/t3-,4+/m1/s1. The fraction of sp³-hybridized carbons (Fsp3) is 1.00. The lowest BCUT2D eigenvalue weighted by Crippen LogP contribution is -2.53. The second-order valence-corrected chi connectivity index (χ2v) is 5.92. The van der Waals surface area contributed by atoms with E-state index in [-0.39, 0.29) is 0 Å². The Labute approximate surface area is 106 Å². The van der Waals surface area contributed by atoms with E-state index in [0.717, 1.165) is 0 Å². The molecule has 0 unspecified atom stereocenters. The van der Waals surface area contributed by atoms with Crippen LogP contribution in [0.1, 0.15) is 0 Å². The predicted octanol–water partition coefficient (Wildman–Crippen LogP) is -3.39. The van der Waals surface area contributed by atoms with Crippen LogP contribution in [0.2, 0.25) is 0 Å². The zero-order valence-electron chi connectivity index (χ0n) is 9.17. The summed E-state index contributed by atoms with van der Waals surface area (Å²) in [6.45, 7) is -2.63. The second kappa shape index (κ2) is 6.68. The van der Waals surface area contributed by atoms with Crippen molar-refractivity contribution in [1.29, 1.82) is 0 Å². The lowest BCUT2D eigenvalue weighted by atomic mass is 10.1. The third-order valence-corrected chi connectivity index (χ3v) is 2.65. The molecule has 0 radical (unpaired) electrons. The maximum absolute atomic E-state index is 10.3. The maximum Gasteiger partial charge on any atom is 0.469 e. The van der Waals surface area contributed by atoms with Gasteiger partial charge in [0.15, 0.2) is 0 Å². The van der Waals surface area contributed by atoms with Crippen LogP contribution < -0.4 is 0 Å². The van der Waals surface area contributed by atoms with Crippen molar-refractivity contribution in [3.63, 3.8) is 0 Å². The van der Waals surface area contributed by atoms with Gasteiger partial charge in [-0.05, 0) is 0 Å². The van der Waals surface area contributed by atoms with Gasteiger partial charge in [-0.3, -0.25) is 9.05 Å². The minimum Gasteiger partial charge on any atom is -0.388 e. The van der Waals surface area contributed by atoms with Crippen molar-refractivity contribution in [2.45, 2.75) is 18.0 Å². The summed E-state index contributed by atoms with van der Waals surface area (Å²) < 4.78 is 28.1. The van der Waals surface area contributed by atoms with Gasteiger partial charge in [0, 0.05) is 0 Å². The topological polar surface area (TPSA) is 214 Å². The van der Waals surface area contributed by atoms with E-state index in [0.29, 0.717) is 0 Å². The molecule has 0 saturated carbocycles. The van der Waals surface area contributed by atoms with Crippen LogP contribution in [-0.4, -0.2) is 71.2 Å². The summed E-state index contributed by atoms with van der Waals surface area (Å²) in [5.74, 6) is -3.28. The van der Waals surface area contributed by atoms with Crippen molar-refractivity contribution in [2.24, 2.45) is 0 Å². The van der Waals surface area contributed by atoms with Crippen LogP contribution in [0.4, 0.5) is 0 Å². The van der Waals surface area contributed by atoms with Gasteiger partial charge in [0.2, 0.25) is 5.79 Å². The Morgan fingerprint density at radius 3 is 1.74 bits per heavy atom. The minimum absolute atomic E-state index is 1.16. The molecule has 0 aromatic heterocycles. The molecule has 2 atom stereocenters. The average molecular weight is 328 g/mol. The number of rotatable bonds is 8. The van der Waals surface area contributed by atoms with Gasteiger partial charge >= 0.3 is 15.6 Å². The van der Waals surface area contributed by atoms with Crippen molar-refractivity contribution in [3.8, 4) is 0 Å². The number of phosphoric ester groups is 2. The fourth-order valence-corrected chi connectivity index (χ4v) is 1.54. The van der Waals surface area contributed by atoms with Crippen LogP contribution in [0.15, 0.2) is 0 Å². The number of hydrogen-bond acceptors (Lipinski definition) is 8. The van der Waals surface area contributed by atoms with Crippen LogP contribution in [0.3, 0.4) is 0 Å². The first-order valence-corrected chi connectivity index (χ1v) is 7.52. The second-order valence-electron chi connectivity index (χ2n) is 3.44. The summed E-state index contributed by atoms with van der Waals surface area (Å²) in [4.78, 5) is 33.2. The lowest BCUT2D eigenvalue weighted by molar-refractivity contribution is -0.263. The van der Waals surface area contributed by atoms with Gasteiger partial charge < -0.3 is 40.0 Å². The van der Waals surface area contributed by atoms with Crippen molar-refractivity contribution in [2.75, 3.05) is 13.2 Å². The van der Waals surface area contributed by atoms with Crippen LogP contribution >= 0.6 is 15.6 Å². The molecule has 0 aliphatic heterocycles. The van der Waals surface area contributed by atoms with Crippen LogP contribution in [0.5, 0.6) is 0 Å². The zero-order chi connectivity index (χ0) is 15.5. The summed E-state index contributed by atoms with van der Waals surface area (Å²) >= 11 is 0. The summed E-state index contributed by atoms with van der Waals surface area (Å²) in [7, 11) is -9.99. The van der Waals surface area contributed by atoms with Crippen LogP contribution in [0, 0.1) is 0 Å². The number of hydrogen-bond donors (Lipinski definition) is 8.